The average Bonchev–Trinajstić information content (AvgIpc) is 2.66. The number of hydrogen-bond donors (Lipinski definition) is 1. The summed E-state index contributed by atoms with van der Waals surface area (Å²) in [6, 6.07) is 5.96. The maximum absolute atomic E-state index is 11.5. The topological polar surface area (TPSA) is 55.8 Å². The third kappa shape index (κ3) is 7.90. The number of allylic oxidation sites excluding steroid dienone is 1. The van der Waals surface area contributed by atoms with Crippen LogP contribution in [0, 0.1) is 5.41 Å². The molecule has 0 aliphatic carbocycles. The molecule has 0 spiro atoms. The van der Waals surface area contributed by atoms with Crippen LogP contribution in [0.3, 0.4) is 0 Å². The van der Waals surface area contributed by atoms with Crippen molar-refractivity contribution in [2.75, 3.05) is 0 Å². The van der Waals surface area contributed by atoms with E-state index in [1.807, 2.05) is 32.0 Å². The van der Waals surface area contributed by atoms with E-state index in [0.29, 0.717) is 6.42 Å². The monoisotopic (exact) mass is 430 g/mol. The van der Waals surface area contributed by atoms with Gasteiger partial charge in [0.2, 0.25) is 0 Å². The van der Waals surface area contributed by atoms with Gasteiger partial charge in [-0.3, -0.25) is 4.79 Å². The highest BCUT2D eigenvalue weighted by Crippen LogP contribution is 2.38. The molecule has 0 saturated heterocycles. The van der Waals surface area contributed by atoms with Gasteiger partial charge in [-0.15, -0.1) is 0 Å². The van der Waals surface area contributed by atoms with Crippen LogP contribution < -0.4 is 9.47 Å². The zero-order valence-electron chi connectivity index (χ0n) is 20.4. The fourth-order valence-electron chi connectivity index (χ4n) is 4.41. The molecule has 4 heteroatoms. The van der Waals surface area contributed by atoms with Gasteiger partial charge in [-0.05, 0) is 90.1 Å². The molecule has 2 rings (SSSR count). The largest absolute Gasteiger partial charge is 0.488 e. The Bertz CT molecular complexity index is 762. The molecule has 174 valence electrons. The van der Waals surface area contributed by atoms with Crippen LogP contribution >= 0.6 is 0 Å². The first-order valence-corrected chi connectivity index (χ1v) is 11.9. The number of carbonyl (C=O) groups is 1. The van der Waals surface area contributed by atoms with Crippen molar-refractivity contribution < 1.29 is 19.4 Å². The molecule has 1 aliphatic rings. The van der Waals surface area contributed by atoms with Gasteiger partial charge >= 0.3 is 5.97 Å². The molecule has 1 aliphatic heterocycles. The van der Waals surface area contributed by atoms with Crippen LogP contribution in [0.15, 0.2) is 30.4 Å². The van der Waals surface area contributed by atoms with Gasteiger partial charge < -0.3 is 14.6 Å². The molecular formula is C27H42O4. The lowest BCUT2D eigenvalue weighted by molar-refractivity contribution is -0.149. The molecule has 1 aromatic carbocycles. The minimum Gasteiger partial charge on any atom is -0.488 e. The van der Waals surface area contributed by atoms with E-state index in [1.54, 1.807) is 13.8 Å². The summed E-state index contributed by atoms with van der Waals surface area (Å²) < 4.78 is 12.5. The number of carboxylic acid groups (broad SMARTS) is 1. The van der Waals surface area contributed by atoms with Crippen LogP contribution in [-0.4, -0.2) is 22.3 Å². The van der Waals surface area contributed by atoms with Gasteiger partial charge in [-0.1, -0.05) is 38.7 Å². The normalized spacial score (nSPS) is 19.2. The average molecular weight is 431 g/mol. The van der Waals surface area contributed by atoms with E-state index < -0.39 is 17.0 Å². The van der Waals surface area contributed by atoms with E-state index >= 15 is 0 Å². The molecule has 0 fully saturated rings. The summed E-state index contributed by atoms with van der Waals surface area (Å²) in [5.74, 6) is 0.869. The number of hydrogen-bond acceptors (Lipinski definition) is 3. The molecule has 0 amide bonds. The molecule has 0 saturated carbocycles. The Morgan fingerprint density at radius 1 is 1.19 bits per heavy atom. The van der Waals surface area contributed by atoms with Crippen LogP contribution in [0.2, 0.25) is 0 Å². The van der Waals surface area contributed by atoms with Crippen LogP contribution in [0.1, 0.15) is 98.5 Å². The summed E-state index contributed by atoms with van der Waals surface area (Å²) in [5, 5.41) is 9.43. The summed E-state index contributed by atoms with van der Waals surface area (Å²) in [4.78, 5) is 11.5. The van der Waals surface area contributed by atoms with Crippen molar-refractivity contribution in [3.05, 3.63) is 35.9 Å². The Kier molecular flexibility index (Phi) is 8.62. The highest BCUT2D eigenvalue weighted by atomic mass is 16.5. The fraction of sp³-hybridized carbons (Fsp3) is 0.667. The maximum atomic E-state index is 11.5. The van der Waals surface area contributed by atoms with Gasteiger partial charge in [0.25, 0.3) is 0 Å². The van der Waals surface area contributed by atoms with E-state index in [9.17, 15) is 9.90 Å². The van der Waals surface area contributed by atoms with Crippen molar-refractivity contribution in [2.24, 2.45) is 5.41 Å². The van der Waals surface area contributed by atoms with E-state index in [0.717, 1.165) is 36.3 Å². The molecule has 1 N–H and O–H groups in total. The van der Waals surface area contributed by atoms with Crippen molar-refractivity contribution in [1.82, 2.24) is 0 Å². The molecule has 1 unspecified atom stereocenters. The van der Waals surface area contributed by atoms with E-state index in [2.05, 4.69) is 26.0 Å². The Morgan fingerprint density at radius 3 is 2.58 bits per heavy atom. The predicted molar refractivity (Wildman–Crippen MR) is 127 cm³/mol. The molecule has 0 radical (unpaired) electrons. The van der Waals surface area contributed by atoms with Crippen molar-refractivity contribution in [2.45, 2.75) is 111 Å². The van der Waals surface area contributed by atoms with Crippen molar-refractivity contribution in [1.29, 1.82) is 0 Å². The molecule has 4 nitrogen and oxygen atoms in total. The minimum atomic E-state index is -0.842. The highest BCUT2D eigenvalue weighted by molar-refractivity contribution is 5.73. The van der Waals surface area contributed by atoms with Gasteiger partial charge in [0, 0.05) is 6.42 Å². The minimum absolute atomic E-state index is 0.260. The molecule has 31 heavy (non-hydrogen) atoms. The lowest BCUT2D eigenvalue weighted by Crippen LogP contribution is -2.38. The SMILES string of the molecule is CCCCCCC/C=C/C1(C)CCc2cc(OC(C)(C)CC(C)(C)C(=O)O)ccc2O1. The Labute approximate surface area is 189 Å². The molecule has 1 heterocycles. The molecule has 0 bridgehead atoms. The van der Waals surface area contributed by atoms with E-state index in [4.69, 9.17) is 9.47 Å². The van der Waals surface area contributed by atoms with Crippen LogP contribution in [0.5, 0.6) is 11.5 Å². The summed E-state index contributed by atoms with van der Waals surface area (Å²) >= 11 is 0. The summed E-state index contributed by atoms with van der Waals surface area (Å²) in [7, 11) is 0. The number of benzene rings is 1. The molecule has 0 aromatic heterocycles. The summed E-state index contributed by atoms with van der Waals surface area (Å²) in [6.07, 6.45) is 14.4. The number of fused-ring (bicyclic) bond motifs is 1. The smallest absolute Gasteiger partial charge is 0.309 e. The van der Waals surface area contributed by atoms with Gasteiger partial charge in [0.1, 0.15) is 22.7 Å². The Morgan fingerprint density at radius 2 is 1.90 bits per heavy atom. The fourth-order valence-corrected chi connectivity index (χ4v) is 4.41. The third-order valence-electron chi connectivity index (χ3n) is 6.05. The van der Waals surface area contributed by atoms with E-state index in [-0.39, 0.29) is 5.60 Å². The first kappa shape index (κ1) is 25.3. The number of aliphatic carboxylic acids is 1. The Hall–Kier alpha value is -1.97. The lowest BCUT2D eigenvalue weighted by atomic mass is 9.82. The zero-order chi connectivity index (χ0) is 23.1. The second kappa shape index (κ2) is 10.6. The number of carboxylic acids is 1. The second-order valence-electron chi connectivity index (χ2n) is 10.5. The van der Waals surface area contributed by atoms with Gasteiger partial charge in [0.15, 0.2) is 0 Å². The first-order chi connectivity index (χ1) is 14.5. The standard InChI is InChI=1S/C27H42O4/c1-7-8-9-10-11-12-13-17-27(6)18-16-21-19-22(14-15-23(21)31-27)30-26(4,5)20-25(2,3)24(28)29/h13-15,17,19H,7-12,16,18,20H2,1-6H3,(H,28,29)/b17-13+. The lowest BCUT2D eigenvalue weighted by Gasteiger charge is -2.35. The first-order valence-electron chi connectivity index (χ1n) is 11.9. The molecular weight excluding hydrogens is 388 g/mol. The second-order valence-corrected chi connectivity index (χ2v) is 10.5. The zero-order valence-corrected chi connectivity index (χ0v) is 20.4. The number of ether oxygens (including phenoxy) is 2. The highest BCUT2D eigenvalue weighted by Gasteiger charge is 2.36. The number of rotatable bonds is 12. The van der Waals surface area contributed by atoms with Crippen molar-refractivity contribution in [3.8, 4) is 11.5 Å². The quantitative estimate of drug-likeness (QED) is 0.278. The third-order valence-corrected chi connectivity index (χ3v) is 6.05. The maximum Gasteiger partial charge on any atom is 0.309 e. The number of unbranched alkanes of at least 4 members (excludes halogenated alkanes) is 5. The molecule has 1 aromatic rings. The summed E-state index contributed by atoms with van der Waals surface area (Å²) in [5.41, 5.74) is -0.537. The van der Waals surface area contributed by atoms with Crippen LogP contribution in [0.4, 0.5) is 0 Å². The van der Waals surface area contributed by atoms with Crippen molar-refractivity contribution >= 4 is 5.97 Å². The van der Waals surface area contributed by atoms with Gasteiger partial charge in [0.05, 0.1) is 5.41 Å². The van der Waals surface area contributed by atoms with Crippen LogP contribution in [0.25, 0.3) is 0 Å². The predicted octanol–water partition coefficient (Wildman–Crippen LogP) is 7.35. The van der Waals surface area contributed by atoms with Crippen molar-refractivity contribution in [3.63, 3.8) is 0 Å². The molecule has 1 atom stereocenters. The van der Waals surface area contributed by atoms with E-state index in [1.165, 1.54) is 32.1 Å². The van der Waals surface area contributed by atoms with Gasteiger partial charge in [-0.2, -0.15) is 0 Å². The summed E-state index contributed by atoms with van der Waals surface area (Å²) in [6.45, 7) is 11.8. The Balaban J connectivity index is 1.95. The number of aryl methyl sites for hydroxylation is 1. The van der Waals surface area contributed by atoms with Gasteiger partial charge in [-0.25, -0.2) is 0 Å². The van der Waals surface area contributed by atoms with Crippen LogP contribution in [-0.2, 0) is 11.2 Å².